The van der Waals surface area contributed by atoms with E-state index in [1.807, 2.05) is 12.1 Å². The van der Waals surface area contributed by atoms with Crippen molar-refractivity contribution in [1.82, 2.24) is 5.32 Å². The Morgan fingerprint density at radius 2 is 2.11 bits per heavy atom. The molecule has 1 saturated heterocycles. The molecule has 0 bridgehead atoms. The Hall–Kier alpha value is -1.86. The normalized spacial score (nSPS) is 19.6. The first-order valence-electron chi connectivity index (χ1n) is 6.65. The van der Waals surface area contributed by atoms with E-state index in [1.165, 1.54) is 5.56 Å². The number of benzene rings is 1. The molecule has 1 aliphatic heterocycles. The number of hydrogen-bond donors (Lipinski definition) is 1. The molecule has 1 atom stereocenters. The molecule has 4 nitrogen and oxygen atoms in total. The summed E-state index contributed by atoms with van der Waals surface area (Å²) in [6, 6.07) is 9.79. The predicted octanol–water partition coefficient (Wildman–Crippen LogP) is 2.03. The molecule has 1 unspecified atom stereocenters. The van der Waals surface area contributed by atoms with Crippen LogP contribution in [0, 0.1) is 11.3 Å². The van der Waals surface area contributed by atoms with Gasteiger partial charge in [0.25, 0.3) is 0 Å². The number of amides is 1. The van der Waals surface area contributed by atoms with Crippen LogP contribution in [-0.4, -0.2) is 25.0 Å². The van der Waals surface area contributed by atoms with E-state index in [9.17, 15) is 4.79 Å². The first-order valence-corrected chi connectivity index (χ1v) is 6.65. The van der Waals surface area contributed by atoms with Gasteiger partial charge < -0.3 is 10.2 Å². The van der Waals surface area contributed by atoms with Crippen molar-refractivity contribution in [2.75, 3.05) is 18.0 Å². The summed E-state index contributed by atoms with van der Waals surface area (Å²) in [5.41, 5.74) is 2.18. The fourth-order valence-corrected chi connectivity index (χ4v) is 2.28. The van der Waals surface area contributed by atoms with Gasteiger partial charge in [0.2, 0.25) is 5.91 Å². The molecule has 1 heterocycles. The number of carbonyl (C=O) groups is 1. The second kappa shape index (κ2) is 5.85. The maximum atomic E-state index is 12.2. The van der Waals surface area contributed by atoms with E-state index >= 15 is 0 Å². The summed E-state index contributed by atoms with van der Waals surface area (Å²) >= 11 is 0. The minimum absolute atomic E-state index is 0.00917. The van der Waals surface area contributed by atoms with Gasteiger partial charge in [0.15, 0.2) is 0 Å². The Labute approximate surface area is 114 Å². The third kappa shape index (κ3) is 2.94. The number of nitrogens with zero attached hydrogens (tertiary/aromatic N) is 2. The van der Waals surface area contributed by atoms with Gasteiger partial charge in [0.1, 0.15) is 6.04 Å². The summed E-state index contributed by atoms with van der Waals surface area (Å²) in [5, 5.41) is 11.8. The number of carbonyl (C=O) groups excluding carboxylic acids is 1. The molecule has 4 heteroatoms. The average molecular weight is 257 g/mol. The highest BCUT2D eigenvalue weighted by atomic mass is 16.2. The summed E-state index contributed by atoms with van der Waals surface area (Å²) in [6.45, 7) is 5.67. The van der Waals surface area contributed by atoms with E-state index in [-0.39, 0.29) is 18.4 Å². The van der Waals surface area contributed by atoms with E-state index in [2.05, 4.69) is 37.4 Å². The highest BCUT2D eigenvalue weighted by Crippen LogP contribution is 2.21. The molecule has 1 aromatic rings. The van der Waals surface area contributed by atoms with Gasteiger partial charge >= 0.3 is 0 Å². The molecular weight excluding hydrogens is 238 g/mol. The van der Waals surface area contributed by atoms with Crippen LogP contribution in [0.15, 0.2) is 24.3 Å². The zero-order chi connectivity index (χ0) is 13.8. The maximum absolute atomic E-state index is 12.2. The van der Waals surface area contributed by atoms with Crippen molar-refractivity contribution in [3.05, 3.63) is 29.8 Å². The van der Waals surface area contributed by atoms with Crippen molar-refractivity contribution in [2.45, 2.75) is 32.2 Å². The summed E-state index contributed by atoms with van der Waals surface area (Å²) in [4.78, 5) is 14.0. The molecule has 100 valence electrons. The molecule has 0 aliphatic carbocycles. The van der Waals surface area contributed by atoms with Crippen LogP contribution in [0.3, 0.4) is 0 Å². The van der Waals surface area contributed by atoms with Crippen LogP contribution in [0.4, 0.5) is 5.69 Å². The summed E-state index contributed by atoms with van der Waals surface area (Å²) in [5.74, 6) is 0.476. The van der Waals surface area contributed by atoms with Crippen molar-refractivity contribution in [3.8, 4) is 6.07 Å². The zero-order valence-corrected chi connectivity index (χ0v) is 11.4. The zero-order valence-electron chi connectivity index (χ0n) is 11.4. The molecule has 0 aromatic heterocycles. The third-order valence-corrected chi connectivity index (χ3v) is 3.46. The van der Waals surface area contributed by atoms with E-state index < -0.39 is 0 Å². The van der Waals surface area contributed by atoms with Gasteiger partial charge in [-0.1, -0.05) is 26.0 Å². The Bertz CT molecular complexity index is 487. The lowest BCUT2D eigenvalue weighted by atomic mass is 10.0. The second-order valence-electron chi connectivity index (χ2n) is 5.11. The van der Waals surface area contributed by atoms with Gasteiger partial charge in [-0.3, -0.25) is 4.79 Å². The van der Waals surface area contributed by atoms with E-state index in [0.717, 1.165) is 12.2 Å². The van der Waals surface area contributed by atoms with Crippen LogP contribution < -0.4 is 10.2 Å². The van der Waals surface area contributed by atoms with E-state index in [4.69, 9.17) is 5.26 Å². The Morgan fingerprint density at radius 3 is 2.68 bits per heavy atom. The fourth-order valence-electron chi connectivity index (χ4n) is 2.28. The highest BCUT2D eigenvalue weighted by molar-refractivity contribution is 5.98. The standard InChI is InChI=1S/C15H19N3O/c1-11(2)12-3-5-13(6-4-12)18-10-9-17-14(7-8-16)15(18)19/h3-6,11,14,17H,7,9-10H2,1-2H3. The topological polar surface area (TPSA) is 56.1 Å². The molecule has 2 rings (SSSR count). The number of nitriles is 1. The third-order valence-electron chi connectivity index (χ3n) is 3.46. The molecule has 1 fully saturated rings. The Kier molecular flexibility index (Phi) is 4.18. The van der Waals surface area contributed by atoms with Crippen LogP contribution in [0.5, 0.6) is 0 Å². The van der Waals surface area contributed by atoms with Crippen LogP contribution in [0.2, 0.25) is 0 Å². The first kappa shape index (κ1) is 13.6. The van der Waals surface area contributed by atoms with Gasteiger partial charge in [0.05, 0.1) is 12.5 Å². The highest BCUT2D eigenvalue weighted by Gasteiger charge is 2.28. The molecule has 0 spiro atoms. The van der Waals surface area contributed by atoms with Crippen LogP contribution in [0.25, 0.3) is 0 Å². The molecule has 1 amide bonds. The molecule has 0 saturated carbocycles. The fraction of sp³-hybridized carbons (Fsp3) is 0.467. The average Bonchev–Trinajstić information content (AvgIpc) is 2.41. The SMILES string of the molecule is CC(C)c1ccc(N2CCNC(CC#N)C2=O)cc1. The van der Waals surface area contributed by atoms with Crippen LogP contribution >= 0.6 is 0 Å². The van der Waals surface area contributed by atoms with Gasteiger partial charge in [-0.05, 0) is 23.6 Å². The summed E-state index contributed by atoms with van der Waals surface area (Å²) < 4.78 is 0. The molecule has 0 radical (unpaired) electrons. The van der Waals surface area contributed by atoms with E-state index in [0.29, 0.717) is 12.5 Å². The number of rotatable bonds is 3. The molecule has 19 heavy (non-hydrogen) atoms. The maximum Gasteiger partial charge on any atom is 0.245 e. The number of piperazine rings is 1. The van der Waals surface area contributed by atoms with Gasteiger partial charge in [-0.25, -0.2) is 0 Å². The molecule has 1 N–H and O–H groups in total. The number of nitrogens with one attached hydrogen (secondary N) is 1. The molecular formula is C15H19N3O. The largest absolute Gasteiger partial charge is 0.310 e. The number of anilines is 1. The van der Waals surface area contributed by atoms with Crippen molar-refractivity contribution in [3.63, 3.8) is 0 Å². The first-order chi connectivity index (χ1) is 9.13. The smallest absolute Gasteiger partial charge is 0.245 e. The molecule has 1 aromatic carbocycles. The minimum atomic E-state index is -0.372. The van der Waals surface area contributed by atoms with Gasteiger partial charge in [-0.2, -0.15) is 5.26 Å². The Balaban J connectivity index is 2.16. The lowest BCUT2D eigenvalue weighted by Crippen LogP contribution is -2.55. The number of hydrogen-bond acceptors (Lipinski definition) is 3. The molecule has 1 aliphatic rings. The van der Waals surface area contributed by atoms with Crippen molar-refractivity contribution in [2.24, 2.45) is 0 Å². The monoisotopic (exact) mass is 257 g/mol. The van der Waals surface area contributed by atoms with Crippen LogP contribution in [-0.2, 0) is 4.79 Å². The van der Waals surface area contributed by atoms with Crippen molar-refractivity contribution in [1.29, 1.82) is 5.26 Å². The van der Waals surface area contributed by atoms with Crippen LogP contribution in [0.1, 0.15) is 31.7 Å². The Morgan fingerprint density at radius 1 is 1.42 bits per heavy atom. The summed E-state index contributed by atoms with van der Waals surface area (Å²) in [6.07, 6.45) is 0.222. The second-order valence-corrected chi connectivity index (χ2v) is 5.11. The van der Waals surface area contributed by atoms with Crippen molar-refractivity contribution < 1.29 is 4.79 Å². The summed E-state index contributed by atoms with van der Waals surface area (Å²) in [7, 11) is 0. The van der Waals surface area contributed by atoms with Crippen molar-refractivity contribution >= 4 is 11.6 Å². The predicted molar refractivity (Wildman–Crippen MR) is 74.9 cm³/mol. The van der Waals surface area contributed by atoms with E-state index in [1.54, 1.807) is 4.90 Å². The van der Waals surface area contributed by atoms with Gasteiger partial charge in [-0.15, -0.1) is 0 Å². The lowest BCUT2D eigenvalue weighted by Gasteiger charge is -2.32. The minimum Gasteiger partial charge on any atom is -0.310 e. The lowest BCUT2D eigenvalue weighted by molar-refractivity contribution is -0.121. The quantitative estimate of drug-likeness (QED) is 0.901. The van der Waals surface area contributed by atoms with Gasteiger partial charge in [0, 0.05) is 18.8 Å².